The smallest absolute Gasteiger partial charge is 0.387 e. The summed E-state index contributed by atoms with van der Waals surface area (Å²) in [7, 11) is 0. The molecule has 2 rings (SSSR count). The molecule has 1 fully saturated rings. The number of rotatable bonds is 5. The van der Waals surface area contributed by atoms with Gasteiger partial charge < -0.3 is 15.0 Å². The van der Waals surface area contributed by atoms with E-state index in [1.807, 2.05) is 13.8 Å². The van der Waals surface area contributed by atoms with Gasteiger partial charge in [0.15, 0.2) is 0 Å². The number of aryl methyl sites for hydroxylation is 1. The maximum absolute atomic E-state index is 12.7. The van der Waals surface area contributed by atoms with Crippen molar-refractivity contribution in [3.05, 3.63) is 15.8 Å². The van der Waals surface area contributed by atoms with E-state index in [2.05, 4.69) is 10.1 Å². The van der Waals surface area contributed by atoms with E-state index in [0.717, 1.165) is 29.1 Å². The number of nitrogens with one attached hydrogen (secondary N) is 1. The molecule has 24 heavy (non-hydrogen) atoms. The second-order valence-electron chi connectivity index (χ2n) is 6.18. The highest BCUT2D eigenvalue weighted by atomic mass is 32.1. The maximum Gasteiger partial charge on any atom is 0.387 e. The standard InChI is InChI=1S/C16H22F2N2O3S/c1-9(2)14(21)19-11-5-4-6-20(8-11)15(22)13-12(23-16(17)18)7-10(3)24-13/h7,9,11,16H,4-6,8H2,1-3H3,(H,19,21)/t11-/m0/s1. The number of amides is 2. The number of ether oxygens (including phenoxy) is 1. The van der Waals surface area contributed by atoms with Crippen LogP contribution in [0.2, 0.25) is 0 Å². The molecule has 5 nitrogen and oxygen atoms in total. The molecule has 1 N–H and O–H groups in total. The summed E-state index contributed by atoms with van der Waals surface area (Å²) in [6, 6.07) is 1.34. The van der Waals surface area contributed by atoms with Gasteiger partial charge in [0.25, 0.3) is 5.91 Å². The van der Waals surface area contributed by atoms with Gasteiger partial charge in [-0.25, -0.2) is 0 Å². The van der Waals surface area contributed by atoms with Gasteiger partial charge >= 0.3 is 6.61 Å². The van der Waals surface area contributed by atoms with E-state index in [4.69, 9.17) is 0 Å². The highest BCUT2D eigenvalue weighted by molar-refractivity contribution is 7.14. The van der Waals surface area contributed by atoms with E-state index < -0.39 is 6.61 Å². The Hall–Kier alpha value is -1.70. The number of carbonyl (C=O) groups is 2. The molecule has 0 bridgehead atoms. The number of hydrogen-bond acceptors (Lipinski definition) is 4. The minimum atomic E-state index is -2.97. The molecule has 1 aliphatic heterocycles. The zero-order valence-electron chi connectivity index (χ0n) is 14.0. The van der Waals surface area contributed by atoms with Gasteiger partial charge in [-0.3, -0.25) is 9.59 Å². The van der Waals surface area contributed by atoms with Crippen molar-refractivity contribution in [1.29, 1.82) is 0 Å². The third-order valence-corrected chi connectivity index (χ3v) is 4.83. The average Bonchev–Trinajstić information content (AvgIpc) is 2.86. The quantitative estimate of drug-likeness (QED) is 0.878. The molecular weight excluding hydrogens is 338 g/mol. The number of carbonyl (C=O) groups excluding carboxylic acids is 2. The van der Waals surface area contributed by atoms with Gasteiger partial charge in [0.2, 0.25) is 5.91 Å². The van der Waals surface area contributed by atoms with Crippen LogP contribution in [0, 0.1) is 12.8 Å². The van der Waals surface area contributed by atoms with Crippen molar-refractivity contribution in [2.24, 2.45) is 5.92 Å². The van der Waals surface area contributed by atoms with Gasteiger partial charge in [-0.1, -0.05) is 13.8 Å². The first-order valence-electron chi connectivity index (χ1n) is 7.92. The predicted molar refractivity (Wildman–Crippen MR) is 87.6 cm³/mol. The zero-order valence-corrected chi connectivity index (χ0v) is 14.8. The molecule has 1 aliphatic rings. The first kappa shape index (κ1) is 18.6. The molecule has 1 aromatic heterocycles. The predicted octanol–water partition coefficient (Wildman–Crippen LogP) is 3.03. The number of alkyl halides is 2. The largest absolute Gasteiger partial charge is 0.433 e. The molecule has 1 atom stereocenters. The molecular formula is C16H22F2N2O3S. The van der Waals surface area contributed by atoms with Crippen LogP contribution in [0.5, 0.6) is 5.75 Å². The Morgan fingerprint density at radius 1 is 1.42 bits per heavy atom. The molecule has 8 heteroatoms. The lowest BCUT2D eigenvalue weighted by Crippen LogP contribution is -2.50. The lowest BCUT2D eigenvalue weighted by Gasteiger charge is -2.33. The van der Waals surface area contributed by atoms with Gasteiger partial charge in [0.1, 0.15) is 10.6 Å². The maximum atomic E-state index is 12.7. The second-order valence-corrected chi connectivity index (χ2v) is 7.44. The molecule has 2 heterocycles. The van der Waals surface area contributed by atoms with Crippen molar-refractivity contribution in [2.45, 2.75) is 46.3 Å². The number of likely N-dealkylation sites (tertiary alicyclic amines) is 1. The third-order valence-electron chi connectivity index (χ3n) is 3.81. The van der Waals surface area contributed by atoms with Gasteiger partial charge in [0.05, 0.1) is 0 Å². The average molecular weight is 360 g/mol. The topological polar surface area (TPSA) is 58.6 Å². The lowest BCUT2D eigenvalue weighted by molar-refractivity contribution is -0.125. The summed E-state index contributed by atoms with van der Waals surface area (Å²) >= 11 is 1.14. The molecule has 0 spiro atoms. The summed E-state index contributed by atoms with van der Waals surface area (Å²) in [6.07, 6.45) is 1.55. The Bertz CT molecular complexity index is 604. The van der Waals surface area contributed by atoms with Crippen LogP contribution in [-0.2, 0) is 4.79 Å². The number of hydrogen-bond donors (Lipinski definition) is 1. The Kier molecular flexibility index (Phi) is 6.15. The van der Waals surface area contributed by atoms with Crippen LogP contribution in [-0.4, -0.2) is 42.5 Å². The van der Waals surface area contributed by atoms with Crippen molar-refractivity contribution in [1.82, 2.24) is 10.2 Å². The Labute approximate surface area is 144 Å². The number of thiophene rings is 1. The highest BCUT2D eigenvalue weighted by Gasteiger charge is 2.29. The van der Waals surface area contributed by atoms with E-state index in [9.17, 15) is 18.4 Å². The summed E-state index contributed by atoms with van der Waals surface area (Å²) in [5.74, 6) is -0.580. The second kappa shape index (κ2) is 7.92. The third kappa shape index (κ3) is 4.66. The van der Waals surface area contributed by atoms with E-state index in [-0.39, 0.29) is 34.4 Å². The van der Waals surface area contributed by atoms with Crippen LogP contribution < -0.4 is 10.1 Å². The normalized spacial score (nSPS) is 18.1. The van der Waals surface area contributed by atoms with E-state index in [0.29, 0.717) is 13.1 Å². The first-order valence-corrected chi connectivity index (χ1v) is 8.74. The number of halogens is 2. The van der Waals surface area contributed by atoms with Crippen molar-refractivity contribution in [2.75, 3.05) is 13.1 Å². The molecule has 0 aliphatic carbocycles. The summed E-state index contributed by atoms with van der Waals surface area (Å²) < 4.78 is 29.5. The summed E-state index contributed by atoms with van der Waals surface area (Å²) in [5, 5.41) is 2.93. The van der Waals surface area contributed by atoms with E-state index in [1.165, 1.54) is 6.07 Å². The van der Waals surface area contributed by atoms with Crippen molar-refractivity contribution in [3.63, 3.8) is 0 Å². The van der Waals surface area contributed by atoms with Crippen molar-refractivity contribution < 1.29 is 23.1 Å². The summed E-state index contributed by atoms with van der Waals surface area (Å²) in [4.78, 5) is 27.0. The highest BCUT2D eigenvalue weighted by Crippen LogP contribution is 2.32. The SMILES string of the molecule is Cc1cc(OC(F)F)c(C(=O)N2CCC[C@H](NC(=O)C(C)C)C2)s1. The van der Waals surface area contributed by atoms with Crippen LogP contribution in [0.4, 0.5) is 8.78 Å². The number of nitrogens with zero attached hydrogens (tertiary/aromatic N) is 1. The molecule has 1 saturated heterocycles. The molecule has 134 valence electrons. The molecule has 0 aromatic carbocycles. The van der Waals surface area contributed by atoms with Gasteiger partial charge in [-0.05, 0) is 25.8 Å². The molecule has 0 unspecified atom stereocenters. The Morgan fingerprint density at radius 2 is 2.12 bits per heavy atom. The lowest BCUT2D eigenvalue weighted by atomic mass is 10.0. The van der Waals surface area contributed by atoms with Crippen LogP contribution in [0.15, 0.2) is 6.07 Å². The molecule has 0 saturated carbocycles. The summed E-state index contributed by atoms with van der Waals surface area (Å²) in [6.45, 7) is 3.31. The fourth-order valence-corrected chi connectivity index (χ4v) is 3.53. The molecule has 2 amide bonds. The summed E-state index contributed by atoms with van der Waals surface area (Å²) in [5.41, 5.74) is 0. The van der Waals surface area contributed by atoms with Crippen molar-refractivity contribution in [3.8, 4) is 5.75 Å². The van der Waals surface area contributed by atoms with Crippen LogP contribution in [0.3, 0.4) is 0 Å². The minimum absolute atomic E-state index is 0.0528. The van der Waals surface area contributed by atoms with E-state index in [1.54, 1.807) is 11.8 Å². The van der Waals surface area contributed by atoms with E-state index >= 15 is 0 Å². The fraction of sp³-hybridized carbons (Fsp3) is 0.625. The Morgan fingerprint density at radius 3 is 2.75 bits per heavy atom. The zero-order chi connectivity index (χ0) is 17.9. The first-order chi connectivity index (χ1) is 11.3. The van der Waals surface area contributed by atoms with Crippen LogP contribution in [0.25, 0.3) is 0 Å². The van der Waals surface area contributed by atoms with Crippen LogP contribution >= 0.6 is 11.3 Å². The minimum Gasteiger partial charge on any atom is -0.433 e. The monoisotopic (exact) mass is 360 g/mol. The molecule has 1 aromatic rings. The molecule has 0 radical (unpaired) electrons. The van der Waals surface area contributed by atoms with Crippen LogP contribution in [0.1, 0.15) is 41.2 Å². The van der Waals surface area contributed by atoms with Gasteiger partial charge in [-0.15, -0.1) is 11.3 Å². The van der Waals surface area contributed by atoms with Crippen molar-refractivity contribution >= 4 is 23.2 Å². The number of piperidine rings is 1. The van der Waals surface area contributed by atoms with Gasteiger partial charge in [0, 0.05) is 29.9 Å². The van der Waals surface area contributed by atoms with Gasteiger partial charge in [-0.2, -0.15) is 8.78 Å². The Balaban J connectivity index is 2.08. The fourth-order valence-electron chi connectivity index (χ4n) is 2.61.